The molecule has 0 aliphatic carbocycles. The van der Waals surface area contributed by atoms with Crippen LogP contribution in [0.5, 0.6) is 0 Å². The third-order valence-electron chi connectivity index (χ3n) is 2.61. The first-order chi connectivity index (χ1) is 6.56. The molecule has 0 bridgehead atoms. The molecule has 0 saturated carbocycles. The van der Waals surface area contributed by atoms with Crippen molar-refractivity contribution < 1.29 is 4.39 Å². The van der Waals surface area contributed by atoms with Gasteiger partial charge in [0.2, 0.25) is 0 Å². The Morgan fingerprint density at radius 2 is 2.00 bits per heavy atom. The van der Waals surface area contributed by atoms with E-state index in [1.807, 2.05) is 13.0 Å². The van der Waals surface area contributed by atoms with Gasteiger partial charge in [0.25, 0.3) is 0 Å². The normalized spacial score (nSPS) is 13.3. The lowest BCUT2D eigenvalue weighted by atomic mass is 9.87. The summed E-state index contributed by atoms with van der Waals surface area (Å²) in [4.78, 5) is 0. The maximum atomic E-state index is 13.5. The van der Waals surface area contributed by atoms with E-state index in [-0.39, 0.29) is 11.7 Å². The highest BCUT2D eigenvalue weighted by molar-refractivity contribution is 5.27. The molecule has 0 aliphatic heterocycles. The van der Waals surface area contributed by atoms with E-state index in [1.54, 1.807) is 6.07 Å². The third-order valence-corrected chi connectivity index (χ3v) is 2.61. The summed E-state index contributed by atoms with van der Waals surface area (Å²) in [6.07, 6.45) is 0. The minimum absolute atomic E-state index is 0.120. The molecule has 1 aromatic rings. The first-order valence-corrected chi connectivity index (χ1v) is 5.02. The average Bonchev–Trinajstić information content (AvgIpc) is 2.11. The molecule has 1 aromatic carbocycles. The van der Waals surface area contributed by atoms with Crippen LogP contribution in [-0.2, 0) is 0 Å². The van der Waals surface area contributed by atoms with Crippen LogP contribution >= 0.6 is 0 Å². The van der Waals surface area contributed by atoms with E-state index in [0.717, 1.165) is 11.1 Å². The van der Waals surface area contributed by atoms with Crippen molar-refractivity contribution in [3.63, 3.8) is 0 Å². The van der Waals surface area contributed by atoms with Crippen molar-refractivity contribution in [1.82, 2.24) is 0 Å². The van der Waals surface area contributed by atoms with Gasteiger partial charge >= 0.3 is 0 Å². The number of nitrogens with two attached hydrogens (primary N) is 1. The van der Waals surface area contributed by atoms with Crippen LogP contribution in [0, 0.1) is 18.7 Å². The summed E-state index contributed by atoms with van der Waals surface area (Å²) in [5.41, 5.74) is 7.49. The van der Waals surface area contributed by atoms with Crippen LogP contribution in [0.3, 0.4) is 0 Å². The second-order valence-corrected chi connectivity index (χ2v) is 4.11. The Morgan fingerprint density at radius 1 is 1.36 bits per heavy atom. The molecule has 0 heterocycles. The largest absolute Gasteiger partial charge is 0.330 e. The fraction of sp³-hybridized carbons (Fsp3) is 0.500. The standard InChI is InChI=1S/C12H18FN/c1-8(2)11(7-14)10-6-9(3)4-5-12(10)13/h4-6,8,11H,7,14H2,1-3H3. The van der Waals surface area contributed by atoms with E-state index in [4.69, 9.17) is 5.73 Å². The van der Waals surface area contributed by atoms with Crippen molar-refractivity contribution in [2.75, 3.05) is 6.54 Å². The Hall–Kier alpha value is -0.890. The van der Waals surface area contributed by atoms with E-state index in [0.29, 0.717) is 12.5 Å². The lowest BCUT2D eigenvalue weighted by molar-refractivity contribution is 0.479. The van der Waals surface area contributed by atoms with Crippen molar-refractivity contribution in [2.24, 2.45) is 11.7 Å². The maximum Gasteiger partial charge on any atom is 0.126 e. The van der Waals surface area contributed by atoms with E-state index in [9.17, 15) is 4.39 Å². The van der Waals surface area contributed by atoms with Gasteiger partial charge in [0.05, 0.1) is 0 Å². The molecular weight excluding hydrogens is 177 g/mol. The first kappa shape index (κ1) is 11.2. The summed E-state index contributed by atoms with van der Waals surface area (Å²) in [5, 5.41) is 0. The van der Waals surface area contributed by atoms with Crippen LogP contribution in [0.25, 0.3) is 0 Å². The Labute approximate surface area is 85.1 Å². The summed E-state index contributed by atoms with van der Waals surface area (Å²) < 4.78 is 13.5. The van der Waals surface area contributed by atoms with E-state index in [2.05, 4.69) is 13.8 Å². The zero-order chi connectivity index (χ0) is 10.7. The molecule has 1 rings (SSSR count). The van der Waals surface area contributed by atoms with Gasteiger partial charge in [-0.2, -0.15) is 0 Å². The fourth-order valence-electron chi connectivity index (χ4n) is 1.71. The van der Waals surface area contributed by atoms with Gasteiger partial charge in [-0.3, -0.25) is 0 Å². The van der Waals surface area contributed by atoms with Gasteiger partial charge in [0.1, 0.15) is 5.82 Å². The predicted molar refractivity (Wildman–Crippen MR) is 57.8 cm³/mol. The van der Waals surface area contributed by atoms with Gasteiger partial charge in [-0.15, -0.1) is 0 Å². The molecule has 0 fully saturated rings. The summed E-state index contributed by atoms with van der Waals surface area (Å²) >= 11 is 0. The number of hydrogen-bond acceptors (Lipinski definition) is 1. The summed E-state index contributed by atoms with van der Waals surface area (Å²) in [7, 11) is 0. The molecule has 78 valence electrons. The predicted octanol–water partition coefficient (Wildman–Crippen LogP) is 2.83. The zero-order valence-corrected chi connectivity index (χ0v) is 9.05. The van der Waals surface area contributed by atoms with Crippen molar-refractivity contribution in [2.45, 2.75) is 26.7 Å². The van der Waals surface area contributed by atoms with Crippen LogP contribution in [0.2, 0.25) is 0 Å². The zero-order valence-electron chi connectivity index (χ0n) is 9.05. The highest BCUT2D eigenvalue weighted by Crippen LogP contribution is 2.26. The SMILES string of the molecule is Cc1ccc(F)c(C(CN)C(C)C)c1. The van der Waals surface area contributed by atoms with E-state index >= 15 is 0 Å². The molecule has 2 N–H and O–H groups in total. The molecule has 0 aromatic heterocycles. The van der Waals surface area contributed by atoms with Crippen LogP contribution in [0.1, 0.15) is 30.9 Å². The molecule has 2 heteroatoms. The summed E-state index contributed by atoms with van der Waals surface area (Å²) in [6, 6.07) is 5.20. The van der Waals surface area contributed by atoms with Gasteiger partial charge in [0.15, 0.2) is 0 Å². The van der Waals surface area contributed by atoms with Crippen LogP contribution in [-0.4, -0.2) is 6.54 Å². The Kier molecular flexibility index (Phi) is 3.64. The van der Waals surface area contributed by atoms with Crippen LogP contribution < -0.4 is 5.73 Å². The van der Waals surface area contributed by atoms with Crippen LogP contribution in [0.4, 0.5) is 4.39 Å². The van der Waals surface area contributed by atoms with Gasteiger partial charge in [0, 0.05) is 5.92 Å². The minimum Gasteiger partial charge on any atom is -0.330 e. The smallest absolute Gasteiger partial charge is 0.126 e. The van der Waals surface area contributed by atoms with Crippen LogP contribution in [0.15, 0.2) is 18.2 Å². The molecule has 0 spiro atoms. The second kappa shape index (κ2) is 4.56. The Balaban J connectivity index is 3.08. The molecule has 0 amide bonds. The van der Waals surface area contributed by atoms with Gasteiger partial charge in [-0.1, -0.05) is 31.5 Å². The highest BCUT2D eigenvalue weighted by Gasteiger charge is 2.17. The molecule has 1 unspecified atom stereocenters. The third kappa shape index (κ3) is 2.32. The molecule has 0 radical (unpaired) electrons. The Bertz CT molecular complexity index is 307. The highest BCUT2D eigenvalue weighted by atomic mass is 19.1. The lowest BCUT2D eigenvalue weighted by Gasteiger charge is -2.20. The summed E-state index contributed by atoms with van der Waals surface area (Å²) in [6.45, 7) is 6.60. The average molecular weight is 195 g/mol. The Morgan fingerprint density at radius 3 is 2.50 bits per heavy atom. The van der Waals surface area contributed by atoms with Crippen molar-refractivity contribution >= 4 is 0 Å². The quantitative estimate of drug-likeness (QED) is 0.788. The van der Waals surface area contributed by atoms with Crippen molar-refractivity contribution in [3.8, 4) is 0 Å². The molecule has 1 nitrogen and oxygen atoms in total. The second-order valence-electron chi connectivity index (χ2n) is 4.11. The number of hydrogen-bond donors (Lipinski definition) is 1. The van der Waals surface area contributed by atoms with Gasteiger partial charge in [-0.25, -0.2) is 4.39 Å². The lowest BCUT2D eigenvalue weighted by Crippen LogP contribution is -2.19. The molecular formula is C12H18FN. The number of benzene rings is 1. The summed E-state index contributed by atoms with van der Waals surface area (Å²) in [5.74, 6) is 0.353. The maximum absolute atomic E-state index is 13.5. The molecule has 0 aliphatic rings. The molecule has 14 heavy (non-hydrogen) atoms. The number of aryl methyl sites for hydroxylation is 1. The monoisotopic (exact) mass is 195 g/mol. The molecule has 0 saturated heterocycles. The van der Waals surface area contributed by atoms with Gasteiger partial charge < -0.3 is 5.73 Å². The van der Waals surface area contributed by atoms with Crippen molar-refractivity contribution in [3.05, 3.63) is 35.1 Å². The van der Waals surface area contributed by atoms with E-state index in [1.165, 1.54) is 6.07 Å². The first-order valence-electron chi connectivity index (χ1n) is 5.02. The minimum atomic E-state index is -0.139. The number of rotatable bonds is 3. The van der Waals surface area contributed by atoms with Crippen molar-refractivity contribution in [1.29, 1.82) is 0 Å². The topological polar surface area (TPSA) is 26.0 Å². The fourth-order valence-corrected chi connectivity index (χ4v) is 1.71. The van der Waals surface area contributed by atoms with Gasteiger partial charge in [-0.05, 0) is 31.0 Å². The van der Waals surface area contributed by atoms with E-state index < -0.39 is 0 Å². The number of halogens is 1. The molecule has 1 atom stereocenters.